The van der Waals surface area contributed by atoms with E-state index in [1.807, 2.05) is 0 Å². The highest BCUT2D eigenvalue weighted by Crippen LogP contribution is 2.14. The van der Waals surface area contributed by atoms with Crippen molar-refractivity contribution < 1.29 is 19.4 Å². The Kier molecular flexibility index (Phi) is 44.6. The number of carbonyl (C=O) groups is 1. The van der Waals surface area contributed by atoms with Crippen molar-refractivity contribution in [2.75, 3.05) is 19.8 Å². The zero-order chi connectivity index (χ0) is 38.4. The first-order valence-corrected chi connectivity index (χ1v) is 22.9. The molecule has 0 saturated carbocycles. The van der Waals surface area contributed by atoms with Crippen molar-refractivity contribution in [3.05, 3.63) is 60.8 Å². The van der Waals surface area contributed by atoms with Gasteiger partial charge in [0.15, 0.2) is 0 Å². The molecular formula is C49H88O4. The van der Waals surface area contributed by atoms with Crippen LogP contribution in [0.25, 0.3) is 0 Å². The van der Waals surface area contributed by atoms with Gasteiger partial charge in [0.1, 0.15) is 6.10 Å². The van der Waals surface area contributed by atoms with Gasteiger partial charge in [-0.3, -0.25) is 4.79 Å². The van der Waals surface area contributed by atoms with E-state index in [0.29, 0.717) is 19.6 Å². The lowest BCUT2D eigenvalue weighted by molar-refractivity contribution is -0.154. The van der Waals surface area contributed by atoms with E-state index >= 15 is 0 Å². The van der Waals surface area contributed by atoms with Crippen molar-refractivity contribution in [2.45, 2.75) is 225 Å². The standard InChI is InChI=1S/C49H88O4/c1-3-5-7-9-11-13-15-17-19-21-23-24-25-26-27-28-30-32-34-36-38-40-42-44-49(51)53-48(46-50)47-52-45-43-41-39-37-35-33-31-29-22-20-18-16-14-12-10-8-6-4-2/h5,7,11,13,17-20,23-24,48,50H,3-4,6,8-10,12,14-16,21-22,25-47H2,1-2H3/b7-5-,13-11-,19-17-,20-18-,24-23-. The summed E-state index contributed by atoms with van der Waals surface area (Å²) in [6.45, 7) is 5.23. The van der Waals surface area contributed by atoms with E-state index in [4.69, 9.17) is 9.47 Å². The molecule has 0 amide bonds. The van der Waals surface area contributed by atoms with Crippen LogP contribution in [0.4, 0.5) is 0 Å². The van der Waals surface area contributed by atoms with Gasteiger partial charge in [-0.25, -0.2) is 0 Å². The van der Waals surface area contributed by atoms with Gasteiger partial charge in [0.2, 0.25) is 0 Å². The summed E-state index contributed by atoms with van der Waals surface area (Å²) in [5.74, 6) is -0.206. The van der Waals surface area contributed by atoms with Crippen molar-refractivity contribution in [1.29, 1.82) is 0 Å². The van der Waals surface area contributed by atoms with Gasteiger partial charge in [-0.15, -0.1) is 0 Å². The second kappa shape index (κ2) is 46.2. The number of esters is 1. The summed E-state index contributed by atoms with van der Waals surface area (Å²) in [5, 5.41) is 9.62. The lowest BCUT2D eigenvalue weighted by Crippen LogP contribution is -2.27. The summed E-state index contributed by atoms with van der Waals surface area (Å²) in [7, 11) is 0. The first-order chi connectivity index (χ1) is 26.2. The third-order valence-electron chi connectivity index (χ3n) is 9.83. The fourth-order valence-electron chi connectivity index (χ4n) is 6.43. The van der Waals surface area contributed by atoms with Gasteiger partial charge in [-0.1, -0.05) is 197 Å². The van der Waals surface area contributed by atoms with Crippen LogP contribution in [0.15, 0.2) is 60.8 Å². The van der Waals surface area contributed by atoms with E-state index in [1.165, 1.54) is 154 Å². The maximum Gasteiger partial charge on any atom is 0.306 e. The van der Waals surface area contributed by atoms with Crippen molar-refractivity contribution in [3.8, 4) is 0 Å². The Labute approximate surface area is 330 Å². The third kappa shape index (κ3) is 44.4. The van der Waals surface area contributed by atoms with Crippen LogP contribution in [0.2, 0.25) is 0 Å². The average Bonchev–Trinajstić information content (AvgIpc) is 3.16. The Bertz CT molecular complexity index is 870. The molecule has 0 spiro atoms. The summed E-state index contributed by atoms with van der Waals surface area (Å²) < 4.78 is 11.2. The highest BCUT2D eigenvalue weighted by atomic mass is 16.6. The van der Waals surface area contributed by atoms with E-state index in [1.54, 1.807) is 0 Å². The molecule has 0 heterocycles. The van der Waals surface area contributed by atoms with E-state index < -0.39 is 6.10 Å². The van der Waals surface area contributed by atoms with Crippen molar-refractivity contribution >= 4 is 5.97 Å². The first kappa shape index (κ1) is 51.1. The molecule has 0 bridgehead atoms. The zero-order valence-electron chi connectivity index (χ0n) is 35.3. The Hall–Kier alpha value is -1.91. The smallest absolute Gasteiger partial charge is 0.306 e. The number of hydrogen-bond acceptors (Lipinski definition) is 4. The number of aliphatic hydroxyl groups excluding tert-OH is 1. The summed E-state index contributed by atoms with van der Waals surface area (Å²) >= 11 is 0. The van der Waals surface area contributed by atoms with Gasteiger partial charge >= 0.3 is 5.97 Å². The van der Waals surface area contributed by atoms with Gasteiger partial charge in [0.05, 0.1) is 13.2 Å². The molecule has 1 unspecified atom stereocenters. The molecule has 53 heavy (non-hydrogen) atoms. The second-order valence-corrected chi connectivity index (χ2v) is 15.1. The van der Waals surface area contributed by atoms with Crippen molar-refractivity contribution in [2.24, 2.45) is 0 Å². The molecule has 4 heteroatoms. The van der Waals surface area contributed by atoms with Crippen LogP contribution in [0, 0.1) is 0 Å². The monoisotopic (exact) mass is 741 g/mol. The molecule has 0 aromatic heterocycles. The van der Waals surface area contributed by atoms with Gasteiger partial charge in [0.25, 0.3) is 0 Å². The predicted molar refractivity (Wildman–Crippen MR) is 233 cm³/mol. The molecular weight excluding hydrogens is 653 g/mol. The van der Waals surface area contributed by atoms with Crippen LogP contribution in [0.1, 0.15) is 219 Å². The number of unbranched alkanes of at least 4 members (excludes halogenated alkanes) is 24. The summed E-state index contributed by atoms with van der Waals surface area (Å²) in [6, 6.07) is 0. The normalized spacial score (nSPS) is 12.9. The third-order valence-corrected chi connectivity index (χ3v) is 9.83. The molecule has 308 valence electrons. The molecule has 0 radical (unpaired) electrons. The molecule has 0 aliphatic carbocycles. The average molecular weight is 741 g/mol. The lowest BCUT2D eigenvalue weighted by Gasteiger charge is -2.16. The molecule has 1 atom stereocenters. The Balaban J connectivity index is 3.44. The maximum absolute atomic E-state index is 12.2. The maximum atomic E-state index is 12.2. The molecule has 4 nitrogen and oxygen atoms in total. The van der Waals surface area contributed by atoms with Gasteiger partial charge in [0, 0.05) is 13.0 Å². The lowest BCUT2D eigenvalue weighted by atomic mass is 10.0. The zero-order valence-corrected chi connectivity index (χ0v) is 35.3. The molecule has 0 aromatic carbocycles. The van der Waals surface area contributed by atoms with Crippen molar-refractivity contribution in [3.63, 3.8) is 0 Å². The predicted octanol–water partition coefficient (Wildman–Crippen LogP) is 15.2. The van der Waals surface area contributed by atoms with Crippen molar-refractivity contribution in [1.82, 2.24) is 0 Å². The Morgan fingerprint density at radius 3 is 1.30 bits per heavy atom. The number of aliphatic hydroxyl groups is 1. The van der Waals surface area contributed by atoms with E-state index in [-0.39, 0.29) is 12.6 Å². The van der Waals surface area contributed by atoms with E-state index in [0.717, 1.165) is 44.9 Å². The van der Waals surface area contributed by atoms with E-state index in [2.05, 4.69) is 74.6 Å². The number of ether oxygens (including phenoxy) is 2. The number of carbonyl (C=O) groups excluding carboxylic acids is 1. The van der Waals surface area contributed by atoms with Gasteiger partial charge < -0.3 is 14.6 Å². The van der Waals surface area contributed by atoms with Crippen LogP contribution in [-0.4, -0.2) is 37.0 Å². The Morgan fingerprint density at radius 2 is 0.849 bits per heavy atom. The van der Waals surface area contributed by atoms with E-state index in [9.17, 15) is 9.90 Å². The quantitative estimate of drug-likeness (QED) is 0.0385. The highest BCUT2D eigenvalue weighted by molar-refractivity contribution is 5.69. The van der Waals surface area contributed by atoms with Crippen LogP contribution in [-0.2, 0) is 14.3 Å². The highest BCUT2D eigenvalue weighted by Gasteiger charge is 2.13. The van der Waals surface area contributed by atoms with Crippen LogP contribution in [0.5, 0.6) is 0 Å². The van der Waals surface area contributed by atoms with Gasteiger partial charge in [-0.2, -0.15) is 0 Å². The molecule has 0 rings (SSSR count). The minimum Gasteiger partial charge on any atom is -0.457 e. The van der Waals surface area contributed by atoms with Crippen LogP contribution < -0.4 is 0 Å². The Morgan fingerprint density at radius 1 is 0.472 bits per heavy atom. The van der Waals surface area contributed by atoms with Gasteiger partial charge in [-0.05, 0) is 77.0 Å². The minimum atomic E-state index is -0.540. The fourth-order valence-corrected chi connectivity index (χ4v) is 6.43. The molecule has 0 aliphatic heterocycles. The molecule has 0 saturated heterocycles. The molecule has 0 aliphatic rings. The largest absolute Gasteiger partial charge is 0.457 e. The summed E-state index contributed by atoms with van der Waals surface area (Å²) in [6.07, 6.45) is 61.4. The topological polar surface area (TPSA) is 55.8 Å². The second-order valence-electron chi connectivity index (χ2n) is 15.1. The molecule has 1 N–H and O–H groups in total. The number of allylic oxidation sites excluding steroid dienone is 10. The summed E-state index contributed by atoms with van der Waals surface area (Å²) in [5.41, 5.74) is 0. The first-order valence-electron chi connectivity index (χ1n) is 22.9. The minimum absolute atomic E-state index is 0.176. The summed E-state index contributed by atoms with van der Waals surface area (Å²) in [4.78, 5) is 12.2. The SMILES string of the molecule is CC/C=C\C/C=C\C/C=C\C/C=C\CCCCCCCCCCCCC(=O)OC(CO)COCCCCCCCCCC/C=C\CCCCCCCC. The van der Waals surface area contributed by atoms with Crippen LogP contribution in [0.3, 0.4) is 0 Å². The molecule has 0 aromatic rings. The molecule has 0 fully saturated rings. The number of rotatable bonds is 42. The van der Waals surface area contributed by atoms with Crippen LogP contribution >= 0.6 is 0 Å². The fraction of sp³-hybridized carbons (Fsp3) is 0.776. The number of hydrogen-bond donors (Lipinski definition) is 1.